The van der Waals surface area contributed by atoms with E-state index in [9.17, 15) is 44.7 Å². The molecule has 0 aliphatic heterocycles. The summed E-state index contributed by atoms with van der Waals surface area (Å²) >= 11 is 0. The summed E-state index contributed by atoms with van der Waals surface area (Å²) in [4.78, 5) is 12.1. The highest BCUT2D eigenvalue weighted by Crippen LogP contribution is 2.50. The number of hydrogen-bond acceptors (Lipinski definition) is 4. The van der Waals surface area contributed by atoms with E-state index >= 15 is 0 Å². The van der Waals surface area contributed by atoms with Crippen molar-refractivity contribution in [3.63, 3.8) is 0 Å². The van der Waals surface area contributed by atoms with Gasteiger partial charge in [-0.3, -0.25) is 4.79 Å². The molecule has 0 spiro atoms. The lowest BCUT2D eigenvalue weighted by Crippen LogP contribution is -2.53. The first-order chi connectivity index (χ1) is 14.1. The van der Waals surface area contributed by atoms with Gasteiger partial charge in [0.05, 0.1) is 11.3 Å². The van der Waals surface area contributed by atoms with Gasteiger partial charge in [-0.25, -0.2) is 13.1 Å². The Bertz CT molecular complexity index is 1040. The summed E-state index contributed by atoms with van der Waals surface area (Å²) in [5.41, 5.74) is -6.59. The van der Waals surface area contributed by atoms with Crippen LogP contribution in [0.3, 0.4) is 0 Å². The second-order valence-electron chi connectivity index (χ2n) is 6.32. The van der Waals surface area contributed by atoms with E-state index in [1.54, 1.807) is 0 Å². The van der Waals surface area contributed by atoms with E-state index in [0.717, 1.165) is 12.1 Å². The van der Waals surface area contributed by atoms with Crippen molar-refractivity contribution in [2.75, 3.05) is 12.4 Å². The first-order valence-electron chi connectivity index (χ1n) is 8.41. The molecule has 0 radical (unpaired) electrons. The van der Waals surface area contributed by atoms with Crippen LogP contribution in [0.25, 0.3) is 0 Å². The van der Waals surface area contributed by atoms with Crippen LogP contribution in [0, 0.1) is 0 Å². The highest BCUT2D eigenvalue weighted by molar-refractivity contribution is 7.89. The van der Waals surface area contributed by atoms with E-state index in [1.807, 2.05) is 0 Å². The predicted molar refractivity (Wildman–Crippen MR) is 97.5 cm³/mol. The van der Waals surface area contributed by atoms with Crippen molar-refractivity contribution in [2.24, 2.45) is 0 Å². The first kappa shape index (κ1) is 24.6. The number of halogens is 6. The van der Waals surface area contributed by atoms with Gasteiger partial charge in [0.25, 0.3) is 5.60 Å². The lowest BCUT2D eigenvalue weighted by atomic mass is 9.92. The Morgan fingerprint density at radius 1 is 0.935 bits per heavy atom. The summed E-state index contributed by atoms with van der Waals surface area (Å²) < 4.78 is 104. The second kappa shape index (κ2) is 8.48. The molecule has 2 aromatic carbocycles. The Balaban J connectivity index is 2.24. The van der Waals surface area contributed by atoms with Gasteiger partial charge in [-0.15, -0.1) is 0 Å². The van der Waals surface area contributed by atoms with Gasteiger partial charge in [0.1, 0.15) is 0 Å². The van der Waals surface area contributed by atoms with E-state index in [0.29, 0.717) is 12.1 Å². The Morgan fingerprint density at radius 3 is 1.94 bits per heavy atom. The van der Waals surface area contributed by atoms with Crippen molar-refractivity contribution in [3.05, 3.63) is 59.7 Å². The number of carbonyl (C=O) groups excluding carboxylic acids is 1. The lowest BCUT2D eigenvalue weighted by molar-refractivity contribution is -0.376. The lowest BCUT2D eigenvalue weighted by Gasteiger charge is -2.32. The van der Waals surface area contributed by atoms with Crippen molar-refractivity contribution in [1.29, 1.82) is 0 Å². The van der Waals surface area contributed by atoms with Gasteiger partial charge in [-0.05, 0) is 30.8 Å². The number of alkyl halides is 6. The monoisotopic (exact) mass is 470 g/mol. The molecular formula is C18H16F6N2O4S. The third-order valence-corrected chi connectivity index (χ3v) is 5.80. The van der Waals surface area contributed by atoms with Crippen LogP contribution in [0.4, 0.5) is 32.0 Å². The van der Waals surface area contributed by atoms with Gasteiger partial charge in [0.2, 0.25) is 15.9 Å². The summed E-state index contributed by atoms with van der Waals surface area (Å²) in [6, 6.07) is 7.84. The topological polar surface area (TPSA) is 95.5 Å². The van der Waals surface area contributed by atoms with Crippen LogP contribution in [0.15, 0.2) is 53.4 Å². The van der Waals surface area contributed by atoms with Gasteiger partial charge in [-0.2, -0.15) is 26.3 Å². The van der Waals surface area contributed by atoms with Gasteiger partial charge < -0.3 is 10.4 Å². The summed E-state index contributed by atoms with van der Waals surface area (Å²) in [6.45, 7) is 0. The van der Waals surface area contributed by atoms with Crippen LogP contribution >= 0.6 is 0 Å². The maximum Gasteiger partial charge on any atom is 0.430 e. The minimum absolute atomic E-state index is 0.120. The summed E-state index contributed by atoms with van der Waals surface area (Å²) in [5, 5.41) is 11.6. The number of amides is 1. The number of nitrogens with one attached hydrogen (secondary N) is 2. The SMILES string of the molecule is CNS(=O)(=O)c1ccccc1CC(=O)Nc1ccc(C(O)(C(F)(F)F)C(F)(F)F)cc1. The number of hydrogen-bond donors (Lipinski definition) is 3. The molecule has 31 heavy (non-hydrogen) atoms. The fraction of sp³-hybridized carbons (Fsp3) is 0.278. The third kappa shape index (κ3) is 4.99. The number of rotatable bonds is 6. The second-order valence-corrected chi connectivity index (χ2v) is 8.18. The Morgan fingerprint density at radius 2 is 1.45 bits per heavy atom. The molecule has 0 fully saturated rings. The molecule has 0 saturated carbocycles. The zero-order chi connectivity index (χ0) is 23.7. The van der Waals surface area contributed by atoms with Crippen molar-refractivity contribution in [1.82, 2.24) is 4.72 Å². The molecule has 13 heteroatoms. The molecular weight excluding hydrogens is 454 g/mol. The number of carbonyl (C=O) groups is 1. The van der Waals surface area contributed by atoms with E-state index in [-0.39, 0.29) is 16.1 Å². The number of sulfonamides is 1. The van der Waals surface area contributed by atoms with Crippen molar-refractivity contribution < 1.29 is 44.7 Å². The molecule has 0 bridgehead atoms. The summed E-state index contributed by atoms with van der Waals surface area (Å²) in [5.74, 6) is -0.770. The summed E-state index contributed by atoms with van der Waals surface area (Å²) in [7, 11) is -2.69. The van der Waals surface area contributed by atoms with E-state index in [1.165, 1.54) is 31.3 Å². The number of aliphatic hydroxyl groups is 1. The minimum Gasteiger partial charge on any atom is -0.369 e. The smallest absolute Gasteiger partial charge is 0.369 e. The molecule has 2 aromatic rings. The Labute approximate surface area is 172 Å². The largest absolute Gasteiger partial charge is 0.430 e. The number of benzene rings is 2. The maximum atomic E-state index is 12.9. The van der Waals surface area contributed by atoms with Gasteiger partial charge in [0, 0.05) is 11.3 Å². The zero-order valence-electron chi connectivity index (χ0n) is 15.7. The molecule has 6 nitrogen and oxygen atoms in total. The predicted octanol–water partition coefficient (Wildman–Crippen LogP) is 3.09. The van der Waals surface area contributed by atoms with Crippen molar-refractivity contribution in [3.8, 4) is 0 Å². The zero-order valence-corrected chi connectivity index (χ0v) is 16.5. The fourth-order valence-corrected chi connectivity index (χ4v) is 3.65. The normalized spacial score (nSPS) is 13.2. The van der Waals surface area contributed by atoms with E-state index in [2.05, 4.69) is 10.0 Å². The van der Waals surface area contributed by atoms with Gasteiger partial charge in [-0.1, -0.05) is 30.3 Å². The molecule has 0 aliphatic carbocycles. The summed E-state index contributed by atoms with van der Waals surface area (Å²) in [6.07, 6.45) is -12.5. The average Bonchev–Trinajstić information content (AvgIpc) is 2.66. The average molecular weight is 470 g/mol. The van der Waals surface area contributed by atoms with Crippen LogP contribution in [0.1, 0.15) is 11.1 Å². The van der Waals surface area contributed by atoms with Crippen LogP contribution in [0.2, 0.25) is 0 Å². The van der Waals surface area contributed by atoms with Crippen LogP contribution < -0.4 is 10.0 Å². The van der Waals surface area contributed by atoms with Gasteiger partial charge in [0.15, 0.2) is 0 Å². The van der Waals surface area contributed by atoms with Crippen molar-refractivity contribution in [2.45, 2.75) is 29.3 Å². The highest BCUT2D eigenvalue weighted by atomic mass is 32.2. The molecule has 1 amide bonds. The number of anilines is 1. The van der Waals surface area contributed by atoms with Crippen LogP contribution in [-0.2, 0) is 26.8 Å². The van der Waals surface area contributed by atoms with E-state index in [4.69, 9.17) is 0 Å². The van der Waals surface area contributed by atoms with E-state index < -0.39 is 45.9 Å². The molecule has 0 unspecified atom stereocenters. The van der Waals surface area contributed by atoms with Gasteiger partial charge >= 0.3 is 12.4 Å². The molecule has 0 aromatic heterocycles. The van der Waals surface area contributed by atoms with Crippen LogP contribution in [-0.4, -0.2) is 38.8 Å². The minimum atomic E-state index is -6.03. The highest BCUT2D eigenvalue weighted by Gasteiger charge is 2.71. The maximum absolute atomic E-state index is 12.9. The molecule has 0 heterocycles. The molecule has 0 aliphatic rings. The Kier molecular flexibility index (Phi) is 6.73. The van der Waals surface area contributed by atoms with Crippen molar-refractivity contribution >= 4 is 21.6 Å². The fourth-order valence-electron chi connectivity index (χ4n) is 2.68. The Hall–Kier alpha value is -2.64. The quantitative estimate of drug-likeness (QED) is 0.566. The first-order valence-corrected chi connectivity index (χ1v) is 9.89. The standard InChI is InChI=1S/C18H16F6N2O4S/c1-25-31(29,30)14-5-3-2-4-11(14)10-15(27)26-13-8-6-12(7-9-13)16(28,17(19,20)21)18(22,23)24/h2-9,25,28H,10H2,1H3,(H,26,27). The molecule has 0 atom stereocenters. The molecule has 0 saturated heterocycles. The molecule has 170 valence electrons. The van der Waals surface area contributed by atoms with Crippen LogP contribution in [0.5, 0.6) is 0 Å². The molecule has 2 rings (SSSR count). The molecule has 3 N–H and O–H groups in total. The third-order valence-electron chi connectivity index (χ3n) is 4.29.